The van der Waals surface area contributed by atoms with Crippen LogP contribution in [0.1, 0.15) is 41.5 Å². The Labute approximate surface area is 181 Å². The summed E-state index contributed by atoms with van der Waals surface area (Å²) >= 11 is 2.19. The minimum atomic E-state index is -0.256. The summed E-state index contributed by atoms with van der Waals surface area (Å²) in [4.78, 5) is 12.4. The van der Waals surface area contributed by atoms with Crippen LogP contribution < -0.4 is 10.6 Å². The second-order valence-electron chi connectivity index (χ2n) is 7.01. The van der Waals surface area contributed by atoms with Crippen LogP contribution in [0.3, 0.4) is 0 Å². The molecule has 1 aliphatic rings. The number of hydrogen-bond donors (Lipinski definition) is 2. The number of ether oxygens (including phenoxy) is 1. The zero-order valence-electron chi connectivity index (χ0n) is 16.0. The van der Waals surface area contributed by atoms with Crippen LogP contribution in [0.15, 0.2) is 36.4 Å². The number of carbonyl (C=O) groups is 1. The number of amides is 1. The number of benzene rings is 2. The number of fused-ring (bicyclic) bond motifs is 1. The first kappa shape index (κ1) is 20.1. The molecule has 1 fully saturated rings. The molecule has 1 atom stereocenters. The first-order chi connectivity index (χ1) is 14.1. The molecule has 2 heterocycles. The summed E-state index contributed by atoms with van der Waals surface area (Å²) in [6.45, 7) is 1.18. The van der Waals surface area contributed by atoms with Crippen molar-refractivity contribution >= 4 is 45.1 Å². The third-order valence-electron chi connectivity index (χ3n) is 5.07. The van der Waals surface area contributed by atoms with E-state index < -0.39 is 0 Å². The molecule has 0 aliphatic carbocycles. The van der Waals surface area contributed by atoms with Crippen molar-refractivity contribution in [1.29, 1.82) is 0 Å². The molecule has 2 aromatic carbocycles. The lowest BCUT2D eigenvalue weighted by atomic mass is 10.1. The molecule has 0 saturated carbocycles. The minimum Gasteiger partial charge on any atom is -0.381 e. The second kappa shape index (κ2) is 8.66. The predicted octanol–water partition coefficient (Wildman–Crippen LogP) is 4.45. The van der Waals surface area contributed by atoms with Crippen LogP contribution in [0.25, 0.3) is 10.9 Å². The van der Waals surface area contributed by atoms with Gasteiger partial charge in [0.2, 0.25) is 0 Å². The Morgan fingerprint density at radius 1 is 1.31 bits per heavy atom. The van der Waals surface area contributed by atoms with Crippen LogP contribution in [-0.2, 0) is 11.3 Å². The fourth-order valence-electron chi connectivity index (χ4n) is 3.55. The molecule has 1 saturated heterocycles. The molecule has 29 heavy (non-hydrogen) atoms. The van der Waals surface area contributed by atoms with Crippen molar-refractivity contribution in [2.45, 2.75) is 32.0 Å². The van der Waals surface area contributed by atoms with E-state index in [2.05, 4.69) is 38.3 Å². The highest BCUT2D eigenvalue weighted by Crippen LogP contribution is 2.30. The highest BCUT2D eigenvalue weighted by Gasteiger charge is 2.23. The summed E-state index contributed by atoms with van der Waals surface area (Å²) < 4.78 is 22.2. The van der Waals surface area contributed by atoms with Gasteiger partial charge in [-0.15, -0.1) is 0 Å². The molecule has 6 nitrogen and oxygen atoms in total. The first-order valence-electron chi connectivity index (χ1n) is 9.60. The molecule has 8 heteroatoms. The van der Waals surface area contributed by atoms with E-state index in [1.54, 1.807) is 13.1 Å². The Morgan fingerprint density at radius 2 is 2.17 bits per heavy atom. The number of nitrogens with one attached hydrogen (secondary N) is 2. The Kier molecular flexibility index (Phi) is 6.00. The number of nitrogens with zero attached hydrogens (tertiary/aromatic N) is 2. The summed E-state index contributed by atoms with van der Waals surface area (Å²) in [6, 6.07) is 10.6. The Morgan fingerprint density at radius 3 is 2.93 bits per heavy atom. The van der Waals surface area contributed by atoms with Gasteiger partial charge in [0.05, 0.1) is 5.52 Å². The van der Waals surface area contributed by atoms with Crippen molar-refractivity contribution in [3.8, 4) is 0 Å². The van der Waals surface area contributed by atoms with Crippen LogP contribution >= 0.6 is 22.6 Å². The van der Waals surface area contributed by atoms with Gasteiger partial charge in [-0.1, -0.05) is 0 Å². The van der Waals surface area contributed by atoms with Crippen LogP contribution in [-0.4, -0.2) is 29.3 Å². The molecular weight excluding hydrogens is 486 g/mol. The van der Waals surface area contributed by atoms with Gasteiger partial charge in [-0.2, -0.15) is 5.10 Å². The highest BCUT2D eigenvalue weighted by molar-refractivity contribution is 14.1. The highest BCUT2D eigenvalue weighted by atomic mass is 127. The standard InChI is InChI=1S/C21H22FIN4O2/c1-24-21(28)20-16-11-15(25-12-13-10-14(22)5-7-17(13)23)6-8-18(16)27(26-20)19-4-2-3-9-29-19/h5-8,10-11,19,25H,2-4,9,12H2,1H3,(H,24,28). The summed E-state index contributed by atoms with van der Waals surface area (Å²) in [7, 11) is 1.60. The minimum absolute atomic E-state index is 0.155. The third kappa shape index (κ3) is 4.23. The Hall–Kier alpha value is -2.20. The van der Waals surface area contributed by atoms with Crippen molar-refractivity contribution in [3.63, 3.8) is 0 Å². The van der Waals surface area contributed by atoms with Gasteiger partial charge in [0, 0.05) is 34.8 Å². The van der Waals surface area contributed by atoms with Gasteiger partial charge < -0.3 is 15.4 Å². The van der Waals surface area contributed by atoms with E-state index in [1.165, 1.54) is 12.1 Å². The van der Waals surface area contributed by atoms with Crippen molar-refractivity contribution in [3.05, 3.63) is 57.0 Å². The number of rotatable bonds is 5. The molecule has 0 spiro atoms. The lowest BCUT2D eigenvalue weighted by Gasteiger charge is -2.23. The molecule has 4 rings (SSSR count). The molecule has 1 unspecified atom stereocenters. The van der Waals surface area contributed by atoms with Crippen molar-refractivity contribution in [2.24, 2.45) is 0 Å². The molecule has 1 amide bonds. The maximum Gasteiger partial charge on any atom is 0.272 e. The van der Waals surface area contributed by atoms with Crippen LogP contribution in [0.5, 0.6) is 0 Å². The fourth-order valence-corrected chi connectivity index (χ4v) is 4.08. The van der Waals surface area contributed by atoms with Gasteiger partial charge in [-0.05, 0) is 83.8 Å². The topological polar surface area (TPSA) is 68.2 Å². The van der Waals surface area contributed by atoms with Crippen molar-refractivity contribution in [2.75, 3.05) is 19.0 Å². The smallest absolute Gasteiger partial charge is 0.272 e. The SMILES string of the molecule is CNC(=O)c1nn(C2CCCCO2)c2ccc(NCc3cc(F)ccc3I)cc12. The lowest BCUT2D eigenvalue weighted by molar-refractivity contribution is -0.0368. The maximum atomic E-state index is 13.5. The van der Waals surface area contributed by atoms with E-state index in [0.717, 1.165) is 45.0 Å². The summed E-state index contributed by atoms with van der Waals surface area (Å²) in [5, 5.41) is 11.3. The molecule has 0 bridgehead atoms. The number of hydrogen-bond acceptors (Lipinski definition) is 4. The van der Waals surface area contributed by atoms with Gasteiger partial charge in [-0.3, -0.25) is 4.79 Å². The molecule has 2 N–H and O–H groups in total. The van der Waals surface area contributed by atoms with Gasteiger partial charge in [0.1, 0.15) is 5.82 Å². The van der Waals surface area contributed by atoms with E-state index in [4.69, 9.17) is 4.74 Å². The van der Waals surface area contributed by atoms with Crippen LogP contribution in [0.2, 0.25) is 0 Å². The number of halogens is 2. The van der Waals surface area contributed by atoms with Crippen molar-refractivity contribution < 1.29 is 13.9 Å². The van der Waals surface area contributed by atoms with Crippen LogP contribution in [0.4, 0.5) is 10.1 Å². The lowest BCUT2D eigenvalue weighted by Crippen LogP contribution is -2.21. The summed E-state index contributed by atoms with van der Waals surface area (Å²) in [5.74, 6) is -0.491. The van der Waals surface area contributed by atoms with E-state index in [0.29, 0.717) is 18.8 Å². The number of anilines is 1. The third-order valence-corrected chi connectivity index (χ3v) is 6.12. The van der Waals surface area contributed by atoms with E-state index in [9.17, 15) is 9.18 Å². The monoisotopic (exact) mass is 508 g/mol. The molecule has 1 aromatic heterocycles. The zero-order valence-corrected chi connectivity index (χ0v) is 18.2. The molecule has 152 valence electrons. The van der Waals surface area contributed by atoms with E-state index >= 15 is 0 Å². The average Bonchev–Trinajstić information content (AvgIpc) is 3.13. The first-order valence-corrected chi connectivity index (χ1v) is 10.7. The molecule has 3 aromatic rings. The van der Waals surface area contributed by atoms with Gasteiger partial charge in [0.25, 0.3) is 5.91 Å². The maximum absolute atomic E-state index is 13.5. The molecule has 0 radical (unpaired) electrons. The Balaban J connectivity index is 1.66. The molecular formula is C21H22FIN4O2. The zero-order chi connectivity index (χ0) is 20.4. The van der Waals surface area contributed by atoms with Gasteiger partial charge >= 0.3 is 0 Å². The number of aromatic nitrogens is 2. The van der Waals surface area contributed by atoms with E-state index in [1.807, 2.05) is 22.9 Å². The van der Waals surface area contributed by atoms with Crippen molar-refractivity contribution in [1.82, 2.24) is 15.1 Å². The van der Waals surface area contributed by atoms with Gasteiger partial charge in [0.15, 0.2) is 11.9 Å². The second-order valence-corrected chi connectivity index (χ2v) is 8.18. The summed E-state index contributed by atoms with van der Waals surface area (Å²) in [5.41, 5.74) is 2.96. The van der Waals surface area contributed by atoms with Gasteiger partial charge in [-0.25, -0.2) is 9.07 Å². The Bertz CT molecular complexity index is 1050. The van der Waals surface area contributed by atoms with E-state index in [-0.39, 0.29) is 18.0 Å². The average molecular weight is 508 g/mol. The fraction of sp³-hybridized carbons (Fsp3) is 0.333. The molecule has 1 aliphatic heterocycles. The normalized spacial score (nSPS) is 16.7. The predicted molar refractivity (Wildman–Crippen MR) is 118 cm³/mol. The number of carbonyl (C=O) groups excluding carboxylic acids is 1. The summed E-state index contributed by atoms with van der Waals surface area (Å²) in [6.07, 6.45) is 2.84. The van der Waals surface area contributed by atoms with Crippen LogP contribution in [0, 0.1) is 9.39 Å². The largest absolute Gasteiger partial charge is 0.381 e. The quantitative estimate of drug-likeness (QED) is 0.500.